The van der Waals surface area contributed by atoms with Crippen LogP contribution >= 0.6 is 11.6 Å². The molecule has 0 aliphatic heterocycles. The number of nitriles is 1. The molecule has 1 aromatic rings. The third-order valence-electron chi connectivity index (χ3n) is 2.31. The molecule has 0 bridgehead atoms. The first-order valence-electron chi connectivity index (χ1n) is 4.87. The lowest BCUT2D eigenvalue weighted by Crippen LogP contribution is -2.26. The number of ether oxygens (including phenoxy) is 1. The van der Waals surface area contributed by atoms with E-state index in [0.717, 1.165) is 6.42 Å². The first-order chi connectivity index (χ1) is 6.98. The van der Waals surface area contributed by atoms with E-state index in [1.165, 1.54) is 0 Å². The number of hydrogen-bond acceptors (Lipinski definition) is 2. The van der Waals surface area contributed by atoms with Crippen molar-refractivity contribution < 1.29 is 4.74 Å². The lowest BCUT2D eigenvalue weighted by Gasteiger charge is -2.24. The van der Waals surface area contributed by atoms with Gasteiger partial charge in [-0.05, 0) is 32.4 Å². The normalized spacial score (nSPS) is 10.9. The standard InChI is InChI=1S/C12H14ClNO/c1-4-12(2,3)15-10-6-5-9(8-14)11(13)7-10/h5-7H,4H2,1-3H3. The average molecular weight is 224 g/mol. The van der Waals surface area contributed by atoms with E-state index in [1.54, 1.807) is 18.2 Å². The average Bonchev–Trinajstić information content (AvgIpc) is 2.17. The molecule has 0 spiro atoms. The Kier molecular flexibility index (Phi) is 3.60. The van der Waals surface area contributed by atoms with Crippen molar-refractivity contribution in [2.45, 2.75) is 32.8 Å². The summed E-state index contributed by atoms with van der Waals surface area (Å²) in [5.74, 6) is 0.700. The van der Waals surface area contributed by atoms with Crippen molar-refractivity contribution in [1.29, 1.82) is 5.26 Å². The number of halogens is 1. The predicted molar refractivity (Wildman–Crippen MR) is 61.2 cm³/mol. The maximum atomic E-state index is 8.71. The van der Waals surface area contributed by atoms with Crippen molar-refractivity contribution in [3.05, 3.63) is 28.8 Å². The van der Waals surface area contributed by atoms with Crippen molar-refractivity contribution in [3.8, 4) is 11.8 Å². The summed E-state index contributed by atoms with van der Waals surface area (Å²) >= 11 is 5.90. The molecule has 0 fully saturated rings. The molecular formula is C12H14ClNO. The Morgan fingerprint density at radius 3 is 2.60 bits per heavy atom. The van der Waals surface area contributed by atoms with Crippen LogP contribution in [0.1, 0.15) is 32.8 Å². The summed E-state index contributed by atoms with van der Waals surface area (Å²) in [6.45, 7) is 6.09. The van der Waals surface area contributed by atoms with Gasteiger partial charge in [-0.15, -0.1) is 0 Å². The van der Waals surface area contributed by atoms with Gasteiger partial charge in [-0.2, -0.15) is 5.26 Å². The Morgan fingerprint density at radius 1 is 1.47 bits per heavy atom. The molecule has 0 saturated carbocycles. The van der Waals surface area contributed by atoms with E-state index in [2.05, 4.69) is 6.92 Å². The molecule has 0 saturated heterocycles. The van der Waals surface area contributed by atoms with E-state index in [0.29, 0.717) is 16.3 Å². The van der Waals surface area contributed by atoms with Crippen LogP contribution in [0.3, 0.4) is 0 Å². The fourth-order valence-corrected chi connectivity index (χ4v) is 1.25. The predicted octanol–water partition coefficient (Wildman–Crippen LogP) is 3.78. The zero-order chi connectivity index (χ0) is 11.5. The van der Waals surface area contributed by atoms with Gasteiger partial charge < -0.3 is 4.74 Å². The molecule has 1 rings (SSSR count). The highest BCUT2D eigenvalue weighted by atomic mass is 35.5. The SMILES string of the molecule is CCC(C)(C)Oc1ccc(C#N)c(Cl)c1. The molecule has 0 unspecified atom stereocenters. The van der Waals surface area contributed by atoms with Gasteiger partial charge in [0.25, 0.3) is 0 Å². The van der Waals surface area contributed by atoms with Crippen LogP contribution in [0.15, 0.2) is 18.2 Å². The van der Waals surface area contributed by atoms with Crippen LogP contribution in [-0.2, 0) is 0 Å². The maximum absolute atomic E-state index is 8.71. The van der Waals surface area contributed by atoms with Crippen LogP contribution in [0.25, 0.3) is 0 Å². The van der Waals surface area contributed by atoms with E-state index in [9.17, 15) is 0 Å². The first kappa shape index (κ1) is 11.9. The molecule has 80 valence electrons. The molecule has 0 aliphatic rings. The Morgan fingerprint density at radius 2 is 2.13 bits per heavy atom. The molecular weight excluding hydrogens is 210 g/mol. The molecule has 2 nitrogen and oxygen atoms in total. The highest BCUT2D eigenvalue weighted by Gasteiger charge is 2.17. The van der Waals surface area contributed by atoms with Gasteiger partial charge in [-0.3, -0.25) is 0 Å². The minimum atomic E-state index is -0.211. The smallest absolute Gasteiger partial charge is 0.121 e. The van der Waals surface area contributed by atoms with Crippen molar-refractivity contribution in [2.75, 3.05) is 0 Å². The van der Waals surface area contributed by atoms with Gasteiger partial charge in [0.1, 0.15) is 17.4 Å². The minimum absolute atomic E-state index is 0.211. The lowest BCUT2D eigenvalue weighted by molar-refractivity contribution is 0.105. The van der Waals surface area contributed by atoms with Gasteiger partial charge >= 0.3 is 0 Å². The third-order valence-corrected chi connectivity index (χ3v) is 2.62. The van der Waals surface area contributed by atoms with E-state index < -0.39 is 0 Å². The molecule has 1 aromatic carbocycles. The minimum Gasteiger partial charge on any atom is -0.488 e. The number of nitrogens with zero attached hydrogens (tertiary/aromatic N) is 1. The Balaban J connectivity index is 2.90. The van der Waals surface area contributed by atoms with Crippen LogP contribution in [-0.4, -0.2) is 5.60 Å². The summed E-state index contributed by atoms with van der Waals surface area (Å²) in [6.07, 6.45) is 0.907. The largest absolute Gasteiger partial charge is 0.488 e. The number of hydrogen-bond donors (Lipinski definition) is 0. The lowest BCUT2D eigenvalue weighted by atomic mass is 10.1. The summed E-state index contributed by atoms with van der Waals surface area (Å²) in [4.78, 5) is 0. The summed E-state index contributed by atoms with van der Waals surface area (Å²) < 4.78 is 5.74. The molecule has 0 N–H and O–H groups in total. The zero-order valence-corrected chi connectivity index (χ0v) is 9.93. The van der Waals surface area contributed by atoms with Gasteiger partial charge in [0, 0.05) is 6.07 Å². The van der Waals surface area contributed by atoms with E-state index >= 15 is 0 Å². The monoisotopic (exact) mass is 223 g/mol. The van der Waals surface area contributed by atoms with Gasteiger partial charge in [-0.1, -0.05) is 18.5 Å². The quantitative estimate of drug-likeness (QED) is 0.781. The van der Waals surface area contributed by atoms with Gasteiger partial charge in [-0.25, -0.2) is 0 Å². The molecule has 0 aliphatic carbocycles. The number of benzene rings is 1. The van der Waals surface area contributed by atoms with Crippen LogP contribution < -0.4 is 4.74 Å². The van der Waals surface area contributed by atoms with E-state index in [-0.39, 0.29) is 5.60 Å². The van der Waals surface area contributed by atoms with Crippen LogP contribution in [0.2, 0.25) is 5.02 Å². The second-order valence-corrected chi connectivity index (χ2v) is 4.38. The third kappa shape index (κ3) is 3.14. The summed E-state index contributed by atoms with van der Waals surface area (Å²) in [5.41, 5.74) is 0.260. The van der Waals surface area contributed by atoms with Crippen molar-refractivity contribution in [3.63, 3.8) is 0 Å². The summed E-state index contributed by atoms with van der Waals surface area (Å²) in [5, 5.41) is 9.15. The van der Waals surface area contributed by atoms with Gasteiger partial charge in [0.05, 0.1) is 10.6 Å². The van der Waals surface area contributed by atoms with E-state index in [1.807, 2.05) is 19.9 Å². The molecule has 3 heteroatoms. The van der Waals surface area contributed by atoms with Crippen molar-refractivity contribution in [2.24, 2.45) is 0 Å². The molecule has 15 heavy (non-hydrogen) atoms. The Labute approximate surface area is 95.4 Å². The topological polar surface area (TPSA) is 33.0 Å². The maximum Gasteiger partial charge on any atom is 0.121 e. The molecule has 0 radical (unpaired) electrons. The van der Waals surface area contributed by atoms with Crippen molar-refractivity contribution >= 4 is 11.6 Å². The fraction of sp³-hybridized carbons (Fsp3) is 0.417. The first-order valence-corrected chi connectivity index (χ1v) is 5.25. The Bertz CT molecular complexity index is 393. The highest BCUT2D eigenvalue weighted by Crippen LogP contribution is 2.26. The van der Waals surface area contributed by atoms with E-state index in [4.69, 9.17) is 21.6 Å². The Hall–Kier alpha value is -1.20. The molecule has 0 heterocycles. The summed E-state index contributed by atoms with van der Waals surface area (Å²) in [6, 6.07) is 7.13. The van der Waals surface area contributed by atoms with Crippen LogP contribution in [0.5, 0.6) is 5.75 Å². The molecule has 0 aromatic heterocycles. The van der Waals surface area contributed by atoms with Gasteiger partial charge in [0.15, 0.2) is 0 Å². The van der Waals surface area contributed by atoms with Gasteiger partial charge in [0.2, 0.25) is 0 Å². The molecule has 0 amide bonds. The molecule has 0 atom stereocenters. The summed E-state index contributed by atoms with van der Waals surface area (Å²) in [7, 11) is 0. The van der Waals surface area contributed by atoms with Crippen LogP contribution in [0, 0.1) is 11.3 Å². The van der Waals surface area contributed by atoms with Crippen molar-refractivity contribution in [1.82, 2.24) is 0 Å². The fourth-order valence-electron chi connectivity index (χ4n) is 1.04. The highest BCUT2D eigenvalue weighted by molar-refractivity contribution is 6.31. The number of rotatable bonds is 3. The second kappa shape index (κ2) is 4.55. The van der Waals surface area contributed by atoms with Crippen LogP contribution in [0.4, 0.5) is 0 Å². The zero-order valence-electron chi connectivity index (χ0n) is 9.17. The second-order valence-electron chi connectivity index (χ2n) is 3.97.